The van der Waals surface area contributed by atoms with Gasteiger partial charge in [-0.2, -0.15) is 0 Å². The van der Waals surface area contributed by atoms with Crippen LogP contribution in [0.2, 0.25) is 0 Å². The van der Waals surface area contributed by atoms with E-state index in [1.165, 1.54) is 5.56 Å². The van der Waals surface area contributed by atoms with Crippen LogP contribution in [-0.2, 0) is 16.0 Å². The van der Waals surface area contributed by atoms with E-state index in [0.717, 1.165) is 49.0 Å². The Bertz CT molecular complexity index is 866. The van der Waals surface area contributed by atoms with Crippen molar-refractivity contribution in [1.82, 2.24) is 0 Å². The quantitative estimate of drug-likeness (QED) is 0.523. The lowest BCUT2D eigenvalue weighted by Crippen LogP contribution is -2.28. The van der Waals surface area contributed by atoms with E-state index in [1.807, 2.05) is 41.3 Å². The standard InChI is InChI=1S/C25H32N2O2S/c1-4-7-10-19(6-3)24(29)26-21-14-12-20(13-15-21)25-27(23(28)17-30-25)22-11-8-9-18(5-2)16-22/h8-9,11-16,19,25H,4-7,10,17H2,1-3H3,(H,26,29)/t19-,25+/m1/s1. The summed E-state index contributed by atoms with van der Waals surface area (Å²) in [6, 6.07) is 16.2. The van der Waals surface area contributed by atoms with Crippen molar-refractivity contribution in [3.8, 4) is 0 Å². The Balaban J connectivity index is 1.73. The van der Waals surface area contributed by atoms with Crippen molar-refractivity contribution in [2.45, 2.75) is 58.2 Å². The maximum Gasteiger partial charge on any atom is 0.238 e. The number of hydrogen-bond acceptors (Lipinski definition) is 3. The summed E-state index contributed by atoms with van der Waals surface area (Å²) < 4.78 is 0. The zero-order valence-corrected chi connectivity index (χ0v) is 19.0. The lowest BCUT2D eigenvalue weighted by molar-refractivity contribution is -0.120. The molecule has 2 atom stereocenters. The topological polar surface area (TPSA) is 49.4 Å². The van der Waals surface area contributed by atoms with Gasteiger partial charge in [-0.05, 0) is 54.7 Å². The maximum atomic E-state index is 12.6. The first kappa shape index (κ1) is 22.4. The van der Waals surface area contributed by atoms with Crippen LogP contribution in [0.3, 0.4) is 0 Å². The molecular formula is C25H32N2O2S. The van der Waals surface area contributed by atoms with Gasteiger partial charge < -0.3 is 5.32 Å². The molecule has 1 aliphatic rings. The number of carbonyl (C=O) groups is 2. The number of nitrogens with zero attached hydrogens (tertiary/aromatic N) is 1. The average molecular weight is 425 g/mol. The van der Waals surface area contributed by atoms with E-state index in [1.54, 1.807) is 11.8 Å². The van der Waals surface area contributed by atoms with E-state index in [-0.39, 0.29) is 23.1 Å². The number of thioether (sulfide) groups is 1. The van der Waals surface area contributed by atoms with Gasteiger partial charge in [-0.15, -0.1) is 11.8 Å². The summed E-state index contributed by atoms with van der Waals surface area (Å²) in [6.45, 7) is 6.34. The lowest BCUT2D eigenvalue weighted by atomic mass is 9.98. The Morgan fingerprint density at radius 2 is 1.93 bits per heavy atom. The number of benzene rings is 2. The number of amides is 2. The zero-order valence-electron chi connectivity index (χ0n) is 18.2. The molecule has 0 spiro atoms. The van der Waals surface area contributed by atoms with Crippen molar-refractivity contribution in [3.63, 3.8) is 0 Å². The normalized spacial score (nSPS) is 17.2. The molecule has 0 aliphatic carbocycles. The Morgan fingerprint density at radius 1 is 1.17 bits per heavy atom. The van der Waals surface area contributed by atoms with Gasteiger partial charge in [0.15, 0.2) is 0 Å². The number of aryl methyl sites for hydroxylation is 1. The van der Waals surface area contributed by atoms with Crippen molar-refractivity contribution in [1.29, 1.82) is 0 Å². The molecule has 5 heteroatoms. The Kier molecular flexibility index (Phi) is 7.97. The number of anilines is 2. The molecule has 160 valence electrons. The molecule has 2 amide bonds. The fraction of sp³-hybridized carbons (Fsp3) is 0.440. The molecule has 4 nitrogen and oxygen atoms in total. The van der Waals surface area contributed by atoms with Crippen LogP contribution in [0.5, 0.6) is 0 Å². The van der Waals surface area contributed by atoms with Crippen molar-refractivity contribution in [3.05, 3.63) is 59.7 Å². The third-order valence-electron chi connectivity index (χ3n) is 5.70. The van der Waals surface area contributed by atoms with Crippen LogP contribution >= 0.6 is 11.8 Å². The van der Waals surface area contributed by atoms with Gasteiger partial charge in [0, 0.05) is 17.3 Å². The fourth-order valence-corrected chi connectivity index (χ4v) is 5.00. The molecule has 2 aromatic rings. The summed E-state index contributed by atoms with van der Waals surface area (Å²) in [5.41, 5.74) is 4.06. The highest BCUT2D eigenvalue weighted by molar-refractivity contribution is 8.00. The number of nitrogens with one attached hydrogen (secondary N) is 1. The third kappa shape index (κ3) is 5.25. The molecule has 1 fully saturated rings. The first-order valence-corrected chi connectivity index (χ1v) is 12.1. The highest BCUT2D eigenvalue weighted by atomic mass is 32.2. The second kappa shape index (κ2) is 10.7. The Hall–Kier alpha value is -2.27. The summed E-state index contributed by atoms with van der Waals surface area (Å²) in [5, 5.41) is 3.02. The molecular weight excluding hydrogens is 392 g/mol. The minimum atomic E-state index is -0.0395. The van der Waals surface area contributed by atoms with Gasteiger partial charge in [-0.25, -0.2) is 0 Å². The lowest BCUT2D eigenvalue weighted by Gasteiger charge is -2.25. The summed E-state index contributed by atoms with van der Waals surface area (Å²) >= 11 is 1.65. The summed E-state index contributed by atoms with van der Waals surface area (Å²) in [6.07, 6.45) is 4.92. The molecule has 0 aromatic heterocycles. The molecule has 1 N–H and O–H groups in total. The number of unbranched alkanes of at least 4 members (excludes halogenated alkanes) is 1. The fourth-order valence-electron chi connectivity index (χ4n) is 3.82. The van der Waals surface area contributed by atoms with Crippen molar-refractivity contribution >= 4 is 35.0 Å². The zero-order chi connectivity index (χ0) is 21.5. The third-order valence-corrected chi connectivity index (χ3v) is 6.91. The molecule has 1 aliphatic heterocycles. The largest absolute Gasteiger partial charge is 0.326 e. The van der Waals surface area contributed by atoms with Crippen LogP contribution < -0.4 is 10.2 Å². The van der Waals surface area contributed by atoms with Gasteiger partial charge in [0.1, 0.15) is 5.37 Å². The van der Waals surface area contributed by atoms with Crippen LogP contribution in [0.15, 0.2) is 48.5 Å². The SMILES string of the molecule is CCCC[C@@H](CC)C(=O)Nc1ccc([C@@H]2SCC(=O)N2c2cccc(CC)c2)cc1. The predicted octanol–water partition coefficient (Wildman–Crippen LogP) is 6.18. The smallest absolute Gasteiger partial charge is 0.238 e. The minimum Gasteiger partial charge on any atom is -0.326 e. The molecule has 0 unspecified atom stereocenters. The molecule has 0 saturated carbocycles. The van der Waals surface area contributed by atoms with Gasteiger partial charge >= 0.3 is 0 Å². The highest BCUT2D eigenvalue weighted by Gasteiger charge is 2.34. The molecule has 2 aromatic carbocycles. The summed E-state index contributed by atoms with van der Waals surface area (Å²) in [7, 11) is 0. The Morgan fingerprint density at radius 3 is 2.60 bits per heavy atom. The van der Waals surface area contributed by atoms with Crippen molar-refractivity contribution < 1.29 is 9.59 Å². The molecule has 0 radical (unpaired) electrons. The average Bonchev–Trinajstić information content (AvgIpc) is 3.16. The molecule has 0 bridgehead atoms. The number of carbonyl (C=O) groups excluding carboxylic acids is 2. The van der Waals surface area contributed by atoms with Crippen LogP contribution in [0, 0.1) is 5.92 Å². The maximum absolute atomic E-state index is 12.6. The van der Waals surface area contributed by atoms with Crippen molar-refractivity contribution in [2.75, 3.05) is 16.0 Å². The van der Waals surface area contributed by atoms with Gasteiger partial charge in [0.2, 0.25) is 11.8 Å². The minimum absolute atomic E-state index is 0.0395. The van der Waals surface area contributed by atoms with Crippen LogP contribution in [-0.4, -0.2) is 17.6 Å². The van der Waals surface area contributed by atoms with Gasteiger partial charge in [0.25, 0.3) is 0 Å². The summed E-state index contributed by atoms with van der Waals surface area (Å²) in [5.74, 6) is 0.781. The number of hydrogen-bond donors (Lipinski definition) is 1. The van der Waals surface area contributed by atoms with E-state index in [9.17, 15) is 9.59 Å². The van der Waals surface area contributed by atoms with Gasteiger partial charge in [0.05, 0.1) is 5.75 Å². The van der Waals surface area contributed by atoms with Crippen LogP contribution in [0.25, 0.3) is 0 Å². The van der Waals surface area contributed by atoms with Gasteiger partial charge in [-0.3, -0.25) is 14.5 Å². The van der Waals surface area contributed by atoms with E-state index >= 15 is 0 Å². The van der Waals surface area contributed by atoms with E-state index in [0.29, 0.717) is 5.75 Å². The predicted molar refractivity (Wildman–Crippen MR) is 127 cm³/mol. The van der Waals surface area contributed by atoms with E-state index in [4.69, 9.17) is 0 Å². The van der Waals surface area contributed by atoms with Crippen LogP contribution in [0.4, 0.5) is 11.4 Å². The molecule has 30 heavy (non-hydrogen) atoms. The van der Waals surface area contributed by atoms with E-state index < -0.39 is 0 Å². The van der Waals surface area contributed by atoms with Crippen molar-refractivity contribution in [2.24, 2.45) is 5.92 Å². The second-order valence-electron chi connectivity index (χ2n) is 7.81. The molecule has 3 rings (SSSR count). The first-order chi connectivity index (χ1) is 14.6. The Labute approximate surface area is 184 Å². The summed E-state index contributed by atoms with van der Waals surface area (Å²) in [4.78, 5) is 27.1. The first-order valence-electron chi connectivity index (χ1n) is 11.0. The highest BCUT2D eigenvalue weighted by Crippen LogP contribution is 2.42. The second-order valence-corrected chi connectivity index (χ2v) is 8.88. The number of rotatable bonds is 9. The van der Waals surface area contributed by atoms with Gasteiger partial charge in [-0.1, -0.05) is 57.9 Å². The molecule has 1 heterocycles. The monoisotopic (exact) mass is 424 g/mol. The van der Waals surface area contributed by atoms with Crippen LogP contribution in [0.1, 0.15) is 63.0 Å². The molecule has 1 saturated heterocycles. The van der Waals surface area contributed by atoms with E-state index in [2.05, 4.69) is 38.2 Å².